The molecule has 2 aromatic rings. The number of ether oxygens (including phenoxy) is 1. The average molecular weight is 292 g/mol. The summed E-state index contributed by atoms with van der Waals surface area (Å²) in [6.07, 6.45) is -0.567. The zero-order chi connectivity index (χ0) is 14.4. The van der Waals surface area contributed by atoms with Gasteiger partial charge in [0.1, 0.15) is 5.75 Å². The monoisotopic (exact) mass is 291 g/mol. The molecule has 0 bridgehead atoms. The van der Waals surface area contributed by atoms with Gasteiger partial charge in [-0.2, -0.15) is 0 Å². The van der Waals surface area contributed by atoms with E-state index >= 15 is 0 Å². The summed E-state index contributed by atoms with van der Waals surface area (Å²) < 4.78 is 5.40. The van der Waals surface area contributed by atoms with Crippen LogP contribution in [0.15, 0.2) is 48.5 Å². The van der Waals surface area contributed by atoms with E-state index in [-0.39, 0.29) is 5.88 Å². The van der Waals surface area contributed by atoms with E-state index in [0.717, 1.165) is 22.6 Å². The maximum absolute atomic E-state index is 9.56. The molecule has 3 nitrogen and oxygen atoms in total. The minimum Gasteiger partial charge on any atom is -0.496 e. The number of alkyl halides is 1. The van der Waals surface area contributed by atoms with E-state index in [1.165, 1.54) is 0 Å². The van der Waals surface area contributed by atoms with Crippen LogP contribution in [0.3, 0.4) is 0 Å². The molecule has 0 amide bonds. The van der Waals surface area contributed by atoms with Gasteiger partial charge in [-0.1, -0.05) is 36.4 Å². The molecule has 0 spiro atoms. The van der Waals surface area contributed by atoms with Crippen LogP contribution in [0.2, 0.25) is 0 Å². The van der Waals surface area contributed by atoms with Crippen molar-refractivity contribution >= 4 is 17.3 Å². The second-order valence-electron chi connectivity index (χ2n) is 4.43. The number of anilines is 1. The minimum absolute atomic E-state index is 0.212. The number of methoxy groups -OCH3 is 1. The first-order chi connectivity index (χ1) is 9.76. The van der Waals surface area contributed by atoms with Gasteiger partial charge in [0.25, 0.3) is 0 Å². The molecule has 0 saturated heterocycles. The first kappa shape index (κ1) is 14.7. The Balaban J connectivity index is 2.32. The predicted molar refractivity (Wildman–Crippen MR) is 83.6 cm³/mol. The highest BCUT2D eigenvalue weighted by atomic mass is 35.5. The van der Waals surface area contributed by atoms with Crippen LogP contribution in [0.25, 0.3) is 11.1 Å². The molecule has 1 unspecified atom stereocenters. The van der Waals surface area contributed by atoms with Crippen LogP contribution in [0.4, 0.5) is 5.69 Å². The number of halogens is 1. The summed E-state index contributed by atoms with van der Waals surface area (Å²) in [6.45, 7) is 0.412. The van der Waals surface area contributed by atoms with E-state index < -0.39 is 6.10 Å². The average Bonchev–Trinajstić information content (AvgIpc) is 2.52. The van der Waals surface area contributed by atoms with Crippen molar-refractivity contribution in [1.82, 2.24) is 0 Å². The summed E-state index contributed by atoms with van der Waals surface area (Å²) in [4.78, 5) is 0. The largest absolute Gasteiger partial charge is 0.496 e. The number of aliphatic hydroxyl groups is 1. The summed E-state index contributed by atoms with van der Waals surface area (Å²) in [6, 6.07) is 15.8. The number of hydrogen-bond donors (Lipinski definition) is 2. The Bertz CT molecular complexity index is 560. The fourth-order valence-electron chi connectivity index (χ4n) is 2.02. The fourth-order valence-corrected chi connectivity index (χ4v) is 2.13. The number of hydrogen-bond acceptors (Lipinski definition) is 3. The van der Waals surface area contributed by atoms with Gasteiger partial charge in [0, 0.05) is 23.4 Å². The molecule has 0 radical (unpaired) electrons. The molecule has 0 fully saturated rings. The van der Waals surface area contributed by atoms with Gasteiger partial charge in [0.15, 0.2) is 0 Å². The highest BCUT2D eigenvalue weighted by molar-refractivity contribution is 6.18. The third-order valence-corrected chi connectivity index (χ3v) is 3.39. The van der Waals surface area contributed by atoms with E-state index in [4.69, 9.17) is 16.3 Å². The van der Waals surface area contributed by atoms with E-state index in [1.807, 2.05) is 48.5 Å². The Kier molecular flexibility index (Phi) is 5.27. The number of aliphatic hydroxyl groups excluding tert-OH is 1. The molecule has 1 atom stereocenters. The maximum Gasteiger partial charge on any atom is 0.126 e. The molecule has 4 heteroatoms. The highest BCUT2D eigenvalue weighted by Gasteiger charge is 2.10. The lowest BCUT2D eigenvalue weighted by molar-refractivity contribution is 0.211. The first-order valence-corrected chi connectivity index (χ1v) is 7.00. The van der Waals surface area contributed by atoms with E-state index in [1.54, 1.807) is 7.11 Å². The lowest BCUT2D eigenvalue weighted by Crippen LogP contribution is -2.21. The zero-order valence-electron chi connectivity index (χ0n) is 11.3. The molecule has 0 heterocycles. The fraction of sp³-hybridized carbons (Fsp3) is 0.250. The van der Waals surface area contributed by atoms with E-state index in [9.17, 15) is 5.11 Å². The van der Waals surface area contributed by atoms with Crippen molar-refractivity contribution in [3.63, 3.8) is 0 Å². The third kappa shape index (κ3) is 3.44. The van der Waals surface area contributed by atoms with Gasteiger partial charge in [-0.05, 0) is 12.1 Å². The number of para-hydroxylation sites is 2. The molecule has 20 heavy (non-hydrogen) atoms. The quantitative estimate of drug-likeness (QED) is 0.802. The van der Waals surface area contributed by atoms with Crippen LogP contribution in [0, 0.1) is 0 Å². The van der Waals surface area contributed by atoms with Gasteiger partial charge in [0.05, 0.1) is 19.1 Å². The van der Waals surface area contributed by atoms with Crippen molar-refractivity contribution in [2.24, 2.45) is 0 Å². The third-order valence-electron chi connectivity index (χ3n) is 3.03. The molecule has 0 aliphatic carbocycles. The van der Waals surface area contributed by atoms with Crippen molar-refractivity contribution < 1.29 is 9.84 Å². The van der Waals surface area contributed by atoms with E-state index in [2.05, 4.69) is 5.32 Å². The van der Waals surface area contributed by atoms with Gasteiger partial charge >= 0.3 is 0 Å². The second kappa shape index (κ2) is 7.17. The Morgan fingerprint density at radius 1 is 1.10 bits per heavy atom. The Morgan fingerprint density at radius 2 is 1.75 bits per heavy atom. The zero-order valence-corrected chi connectivity index (χ0v) is 12.1. The van der Waals surface area contributed by atoms with Crippen LogP contribution in [-0.2, 0) is 0 Å². The van der Waals surface area contributed by atoms with Crippen molar-refractivity contribution in [3.8, 4) is 16.9 Å². The van der Waals surface area contributed by atoms with Gasteiger partial charge in [-0.3, -0.25) is 0 Å². The van der Waals surface area contributed by atoms with Crippen molar-refractivity contribution in [2.75, 3.05) is 24.9 Å². The Morgan fingerprint density at radius 3 is 2.45 bits per heavy atom. The Labute approximate surface area is 124 Å². The topological polar surface area (TPSA) is 41.5 Å². The molecule has 0 aliphatic heterocycles. The second-order valence-corrected chi connectivity index (χ2v) is 4.74. The maximum atomic E-state index is 9.56. The highest BCUT2D eigenvalue weighted by Crippen LogP contribution is 2.34. The number of nitrogens with one attached hydrogen (secondary N) is 1. The van der Waals surface area contributed by atoms with Crippen LogP contribution >= 0.6 is 11.6 Å². The number of rotatable bonds is 6. The lowest BCUT2D eigenvalue weighted by atomic mass is 10.0. The van der Waals surface area contributed by atoms with Crippen molar-refractivity contribution in [1.29, 1.82) is 0 Å². The molecule has 106 valence electrons. The molecule has 2 aromatic carbocycles. The Hall–Kier alpha value is -1.71. The first-order valence-electron chi connectivity index (χ1n) is 6.46. The summed E-state index contributed by atoms with van der Waals surface area (Å²) in [7, 11) is 1.66. The molecule has 0 aliphatic rings. The standard InChI is InChI=1S/C16H18ClNO2/c1-20-16-9-5-3-7-14(16)13-6-2-4-8-15(13)18-11-12(19)10-17/h2-9,12,18-19H,10-11H2,1H3. The van der Waals surface area contributed by atoms with Gasteiger partial charge in [-0.25, -0.2) is 0 Å². The molecule has 2 rings (SSSR count). The molecule has 2 N–H and O–H groups in total. The molecule has 0 saturated carbocycles. The van der Waals surface area contributed by atoms with Gasteiger partial charge in [0.2, 0.25) is 0 Å². The van der Waals surface area contributed by atoms with Crippen LogP contribution < -0.4 is 10.1 Å². The number of benzene rings is 2. The summed E-state index contributed by atoms with van der Waals surface area (Å²) >= 11 is 5.61. The van der Waals surface area contributed by atoms with Gasteiger partial charge in [-0.15, -0.1) is 11.6 Å². The van der Waals surface area contributed by atoms with Crippen molar-refractivity contribution in [3.05, 3.63) is 48.5 Å². The minimum atomic E-state index is -0.567. The van der Waals surface area contributed by atoms with E-state index in [0.29, 0.717) is 6.54 Å². The molecular weight excluding hydrogens is 274 g/mol. The summed E-state index contributed by atoms with van der Waals surface area (Å²) in [5, 5.41) is 12.8. The normalized spacial score (nSPS) is 11.9. The van der Waals surface area contributed by atoms with Gasteiger partial charge < -0.3 is 15.2 Å². The summed E-state index contributed by atoms with van der Waals surface area (Å²) in [5.41, 5.74) is 2.99. The van der Waals surface area contributed by atoms with Crippen LogP contribution in [0.1, 0.15) is 0 Å². The van der Waals surface area contributed by atoms with Crippen LogP contribution in [0.5, 0.6) is 5.75 Å². The SMILES string of the molecule is COc1ccccc1-c1ccccc1NCC(O)CCl. The van der Waals surface area contributed by atoms with Crippen LogP contribution in [-0.4, -0.2) is 30.7 Å². The predicted octanol–water partition coefficient (Wildman–Crippen LogP) is 3.37. The van der Waals surface area contributed by atoms with Crippen molar-refractivity contribution in [2.45, 2.75) is 6.10 Å². The summed E-state index contributed by atoms with van der Waals surface area (Å²) in [5.74, 6) is 1.03. The smallest absolute Gasteiger partial charge is 0.126 e. The molecule has 0 aromatic heterocycles. The lowest BCUT2D eigenvalue weighted by Gasteiger charge is -2.16. The molecular formula is C16H18ClNO2.